The van der Waals surface area contributed by atoms with Gasteiger partial charge in [0.15, 0.2) is 0 Å². The highest BCUT2D eigenvalue weighted by molar-refractivity contribution is 5.05. The van der Waals surface area contributed by atoms with Gasteiger partial charge in [0.25, 0.3) is 0 Å². The maximum atomic E-state index is 5.68. The first-order valence-corrected chi connectivity index (χ1v) is 9.03. The molecular formula is C18H33NO. The number of hydrogen-bond acceptors (Lipinski definition) is 2. The van der Waals surface area contributed by atoms with E-state index >= 15 is 0 Å². The monoisotopic (exact) mass is 279 g/mol. The van der Waals surface area contributed by atoms with E-state index in [1.807, 2.05) is 0 Å². The van der Waals surface area contributed by atoms with E-state index < -0.39 is 0 Å². The second-order valence-corrected chi connectivity index (χ2v) is 7.92. The number of ether oxygens (including phenoxy) is 1. The van der Waals surface area contributed by atoms with Gasteiger partial charge in [-0.2, -0.15) is 0 Å². The molecule has 0 spiro atoms. The van der Waals surface area contributed by atoms with E-state index in [1.165, 1.54) is 32.1 Å². The van der Waals surface area contributed by atoms with E-state index in [0.717, 1.165) is 37.5 Å². The van der Waals surface area contributed by atoms with Crippen LogP contribution in [0.15, 0.2) is 0 Å². The summed E-state index contributed by atoms with van der Waals surface area (Å²) in [4.78, 5) is 0. The quantitative estimate of drug-likeness (QED) is 0.678. The maximum absolute atomic E-state index is 5.68. The summed E-state index contributed by atoms with van der Waals surface area (Å²) in [6.07, 6.45) is 11.6. The predicted molar refractivity (Wildman–Crippen MR) is 83.8 cm³/mol. The van der Waals surface area contributed by atoms with Gasteiger partial charge in [-0.05, 0) is 75.0 Å². The van der Waals surface area contributed by atoms with Crippen molar-refractivity contribution in [1.82, 2.24) is 5.32 Å². The smallest absolute Gasteiger partial charge is 0.0591 e. The Morgan fingerprint density at radius 2 is 1.65 bits per heavy atom. The first kappa shape index (κ1) is 14.8. The zero-order chi connectivity index (χ0) is 14.0. The fourth-order valence-corrected chi connectivity index (χ4v) is 5.62. The zero-order valence-corrected chi connectivity index (χ0v) is 13.5. The molecule has 2 heteroatoms. The normalized spacial score (nSPS) is 40.2. The Balaban J connectivity index is 1.44. The van der Waals surface area contributed by atoms with Crippen LogP contribution in [0.3, 0.4) is 0 Å². The molecule has 20 heavy (non-hydrogen) atoms. The van der Waals surface area contributed by atoms with E-state index in [0.29, 0.717) is 11.5 Å². The first-order valence-electron chi connectivity index (χ1n) is 9.03. The average Bonchev–Trinajstić information content (AvgIpc) is 2.41. The molecule has 4 aliphatic rings. The minimum absolute atomic E-state index is 0.637. The molecule has 4 aliphatic carbocycles. The standard InChI is InChI=1S/C18H33NO/c1-3-4-6-20-7-5-19-14(2)18-11-15-8-16(12-18)10-17(9-15)13-18/h14-17,19H,3-13H2,1-2H3. The van der Waals surface area contributed by atoms with Crippen LogP contribution in [0, 0.1) is 23.2 Å². The summed E-state index contributed by atoms with van der Waals surface area (Å²) in [5.41, 5.74) is 0.637. The molecule has 1 atom stereocenters. The Kier molecular flexibility index (Phi) is 4.72. The highest BCUT2D eigenvalue weighted by Gasteiger charge is 2.52. The van der Waals surface area contributed by atoms with Gasteiger partial charge in [-0.3, -0.25) is 0 Å². The summed E-state index contributed by atoms with van der Waals surface area (Å²) >= 11 is 0. The molecule has 0 aromatic heterocycles. The molecule has 0 heterocycles. The van der Waals surface area contributed by atoms with E-state index in [2.05, 4.69) is 19.2 Å². The van der Waals surface area contributed by atoms with Crippen molar-refractivity contribution in [2.45, 2.75) is 71.3 Å². The minimum Gasteiger partial charge on any atom is -0.380 e. The van der Waals surface area contributed by atoms with Crippen LogP contribution >= 0.6 is 0 Å². The molecule has 0 aliphatic heterocycles. The van der Waals surface area contributed by atoms with Gasteiger partial charge >= 0.3 is 0 Å². The Labute approximate surface area is 125 Å². The van der Waals surface area contributed by atoms with Gasteiger partial charge in [0.2, 0.25) is 0 Å². The molecule has 0 aromatic carbocycles. The third-order valence-corrected chi connectivity index (χ3v) is 6.34. The van der Waals surface area contributed by atoms with Crippen LogP contribution in [0.5, 0.6) is 0 Å². The summed E-state index contributed by atoms with van der Waals surface area (Å²) in [6.45, 7) is 7.52. The van der Waals surface area contributed by atoms with Crippen LogP contribution in [-0.4, -0.2) is 25.8 Å². The molecule has 4 bridgehead atoms. The summed E-state index contributed by atoms with van der Waals surface area (Å²) in [6, 6.07) is 0.686. The minimum atomic E-state index is 0.637. The average molecular weight is 279 g/mol. The summed E-state index contributed by atoms with van der Waals surface area (Å²) in [7, 11) is 0. The summed E-state index contributed by atoms with van der Waals surface area (Å²) in [5, 5.41) is 3.79. The molecular weight excluding hydrogens is 246 g/mol. The summed E-state index contributed by atoms with van der Waals surface area (Å²) < 4.78 is 5.68. The number of rotatable bonds is 8. The predicted octanol–water partition coefficient (Wildman–Crippen LogP) is 4.00. The van der Waals surface area contributed by atoms with Gasteiger partial charge in [-0.1, -0.05) is 13.3 Å². The third-order valence-electron chi connectivity index (χ3n) is 6.34. The van der Waals surface area contributed by atoms with Gasteiger partial charge in [-0.25, -0.2) is 0 Å². The van der Waals surface area contributed by atoms with Crippen molar-refractivity contribution in [2.75, 3.05) is 19.8 Å². The fraction of sp³-hybridized carbons (Fsp3) is 1.00. The molecule has 4 fully saturated rings. The van der Waals surface area contributed by atoms with Gasteiger partial charge in [0.05, 0.1) is 6.61 Å². The Morgan fingerprint density at radius 1 is 1.05 bits per heavy atom. The summed E-state index contributed by atoms with van der Waals surface area (Å²) in [5.74, 6) is 3.18. The third kappa shape index (κ3) is 3.06. The van der Waals surface area contributed by atoms with Crippen LogP contribution in [0.1, 0.15) is 65.2 Å². The second kappa shape index (κ2) is 6.36. The Bertz CT molecular complexity index is 279. The van der Waals surface area contributed by atoms with Crippen LogP contribution in [0.2, 0.25) is 0 Å². The molecule has 0 amide bonds. The molecule has 0 aromatic rings. The Morgan fingerprint density at radius 3 is 2.20 bits per heavy atom. The van der Waals surface area contributed by atoms with E-state index in [1.54, 1.807) is 19.3 Å². The van der Waals surface area contributed by atoms with Crippen LogP contribution in [-0.2, 0) is 4.74 Å². The van der Waals surface area contributed by atoms with E-state index in [-0.39, 0.29) is 0 Å². The highest BCUT2D eigenvalue weighted by Crippen LogP contribution is 2.61. The SMILES string of the molecule is CCCCOCCNC(C)C12CC3CC(CC(C3)C1)C2. The molecule has 1 N–H and O–H groups in total. The molecule has 116 valence electrons. The van der Waals surface area contributed by atoms with Gasteiger partial charge < -0.3 is 10.1 Å². The number of hydrogen-bond donors (Lipinski definition) is 1. The number of nitrogens with one attached hydrogen (secondary N) is 1. The number of unbranched alkanes of at least 4 members (excludes halogenated alkanes) is 1. The van der Waals surface area contributed by atoms with E-state index in [9.17, 15) is 0 Å². The van der Waals surface area contributed by atoms with Gasteiger partial charge in [0, 0.05) is 19.2 Å². The van der Waals surface area contributed by atoms with Crippen molar-refractivity contribution in [3.8, 4) is 0 Å². The van der Waals surface area contributed by atoms with Crippen LogP contribution in [0.25, 0.3) is 0 Å². The van der Waals surface area contributed by atoms with Crippen molar-refractivity contribution in [1.29, 1.82) is 0 Å². The molecule has 2 nitrogen and oxygen atoms in total. The molecule has 1 unspecified atom stereocenters. The molecule has 4 rings (SSSR count). The van der Waals surface area contributed by atoms with Gasteiger partial charge in [-0.15, -0.1) is 0 Å². The fourth-order valence-electron chi connectivity index (χ4n) is 5.62. The Hall–Kier alpha value is -0.0800. The molecule has 4 saturated carbocycles. The van der Waals surface area contributed by atoms with Crippen LogP contribution in [0.4, 0.5) is 0 Å². The lowest BCUT2D eigenvalue weighted by Crippen LogP contribution is -2.55. The molecule has 0 saturated heterocycles. The largest absolute Gasteiger partial charge is 0.380 e. The first-order chi connectivity index (χ1) is 9.72. The van der Waals surface area contributed by atoms with Crippen molar-refractivity contribution in [3.05, 3.63) is 0 Å². The zero-order valence-electron chi connectivity index (χ0n) is 13.5. The molecule has 0 radical (unpaired) electrons. The van der Waals surface area contributed by atoms with Crippen molar-refractivity contribution < 1.29 is 4.74 Å². The lowest BCUT2D eigenvalue weighted by Gasteiger charge is -2.59. The maximum Gasteiger partial charge on any atom is 0.0591 e. The van der Waals surface area contributed by atoms with Gasteiger partial charge in [0.1, 0.15) is 0 Å². The van der Waals surface area contributed by atoms with Crippen LogP contribution < -0.4 is 5.32 Å². The second-order valence-electron chi connectivity index (χ2n) is 7.92. The topological polar surface area (TPSA) is 21.3 Å². The van der Waals surface area contributed by atoms with Crippen molar-refractivity contribution >= 4 is 0 Å². The lowest BCUT2D eigenvalue weighted by molar-refractivity contribution is -0.0710. The lowest BCUT2D eigenvalue weighted by atomic mass is 9.48. The van der Waals surface area contributed by atoms with Crippen molar-refractivity contribution in [3.63, 3.8) is 0 Å². The highest BCUT2D eigenvalue weighted by atomic mass is 16.5. The van der Waals surface area contributed by atoms with Crippen molar-refractivity contribution in [2.24, 2.45) is 23.2 Å². The van der Waals surface area contributed by atoms with E-state index in [4.69, 9.17) is 4.74 Å².